The maximum absolute atomic E-state index is 12.0. The van der Waals surface area contributed by atoms with Gasteiger partial charge in [-0.05, 0) is 31.2 Å². The maximum atomic E-state index is 12.0. The zero-order valence-corrected chi connectivity index (χ0v) is 15.4. The quantitative estimate of drug-likeness (QED) is 0.724. The van der Waals surface area contributed by atoms with Gasteiger partial charge in [0.1, 0.15) is 11.9 Å². The summed E-state index contributed by atoms with van der Waals surface area (Å²) in [6.07, 6.45) is 1.48. The molecule has 1 aromatic rings. The van der Waals surface area contributed by atoms with Gasteiger partial charge in [-0.1, -0.05) is 0 Å². The van der Waals surface area contributed by atoms with E-state index >= 15 is 0 Å². The van der Waals surface area contributed by atoms with E-state index in [1.54, 1.807) is 38.3 Å². The van der Waals surface area contributed by atoms with Crippen molar-refractivity contribution in [3.63, 3.8) is 0 Å². The third-order valence-corrected chi connectivity index (χ3v) is 4.29. The third-order valence-electron chi connectivity index (χ3n) is 4.29. The number of aliphatic hydroxyl groups is 1. The molecule has 0 bridgehead atoms. The van der Waals surface area contributed by atoms with Crippen LogP contribution < -0.4 is 10.1 Å². The van der Waals surface area contributed by atoms with Crippen LogP contribution in [0.1, 0.15) is 36.5 Å². The van der Waals surface area contributed by atoms with Crippen LogP contribution in [0.25, 0.3) is 0 Å². The number of hydrogen-bond acceptors (Lipinski definition) is 5. The van der Waals surface area contributed by atoms with E-state index in [2.05, 4.69) is 5.32 Å². The van der Waals surface area contributed by atoms with Crippen LogP contribution in [0.5, 0.6) is 5.75 Å². The molecule has 2 N–H and O–H groups in total. The van der Waals surface area contributed by atoms with E-state index in [4.69, 9.17) is 9.47 Å². The van der Waals surface area contributed by atoms with Gasteiger partial charge in [-0.15, -0.1) is 0 Å². The van der Waals surface area contributed by atoms with Crippen LogP contribution in [0.4, 0.5) is 0 Å². The van der Waals surface area contributed by atoms with Crippen LogP contribution in [0.3, 0.4) is 0 Å². The molecule has 26 heavy (non-hydrogen) atoms. The number of nitrogens with one attached hydrogen (secondary N) is 1. The molecule has 0 radical (unpaired) electrons. The Kier molecular flexibility index (Phi) is 7.87. The Bertz CT molecular complexity index is 580. The topological polar surface area (TPSA) is 88.1 Å². The van der Waals surface area contributed by atoms with Crippen molar-refractivity contribution in [2.45, 2.75) is 38.4 Å². The van der Waals surface area contributed by atoms with Gasteiger partial charge in [-0.25, -0.2) is 0 Å². The van der Waals surface area contributed by atoms with Crippen molar-refractivity contribution < 1.29 is 24.2 Å². The smallest absolute Gasteiger partial charge is 0.251 e. The van der Waals surface area contributed by atoms with Crippen molar-refractivity contribution in [2.75, 3.05) is 33.4 Å². The first kappa shape index (κ1) is 20.2. The summed E-state index contributed by atoms with van der Waals surface area (Å²) in [5.41, 5.74) is 0.525. The van der Waals surface area contributed by atoms with E-state index in [9.17, 15) is 14.7 Å². The molecule has 1 unspecified atom stereocenters. The molecule has 1 fully saturated rings. The predicted octanol–water partition coefficient (Wildman–Crippen LogP) is 1.20. The minimum Gasteiger partial charge on any atom is -0.490 e. The highest BCUT2D eigenvalue weighted by Crippen LogP contribution is 2.20. The Balaban J connectivity index is 1.78. The molecule has 7 heteroatoms. The summed E-state index contributed by atoms with van der Waals surface area (Å²) in [7, 11) is 1.59. The van der Waals surface area contributed by atoms with Gasteiger partial charge >= 0.3 is 0 Å². The first-order chi connectivity index (χ1) is 12.5. The van der Waals surface area contributed by atoms with Crippen LogP contribution in [0.2, 0.25) is 0 Å². The van der Waals surface area contributed by atoms with Gasteiger partial charge in [0, 0.05) is 45.1 Å². The Hall–Kier alpha value is -2.12. The van der Waals surface area contributed by atoms with Gasteiger partial charge in [0.25, 0.3) is 5.91 Å². The molecule has 144 valence electrons. The van der Waals surface area contributed by atoms with Gasteiger partial charge in [0.15, 0.2) is 0 Å². The summed E-state index contributed by atoms with van der Waals surface area (Å²) in [6, 6.07) is 6.95. The predicted molar refractivity (Wildman–Crippen MR) is 97.2 cm³/mol. The summed E-state index contributed by atoms with van der Waals surface area (Å²) in [6.45, 7) is 3.67. The number of piperidine rings is 1. The van der Waals surface area contributed by atoms with E-state index in [1.807, 2.05) is 4.90 Å². The number of carbonyl (C=O) groups is 2. The number of ether oxygens (including phenoxy) is 2. The number of carbonyl (C=O) groups excluding carboxylic acids is 2. The van der Waals surface area contributed by atoms with Gasteiger partial charge in [0.05, 0.1) is 19.1 Å². The number of likely N-dealkylation sites (tertiary alicyclic amines) is 1. The lowest BCUT2D eigenvalue weighted by Crippen LogP contribution is -2.42. The number of nitrogens with zero attached hydrogens (tertiary/aromatic N) is 1. The van der Waals surface area contributed by atoms with Gasteiger partial charge in [0.2, 0.25) is 5.91 Å². The first-order valence-corrected chi connectivity index (χ1v) is 8.99. The second-order valence-corrected chi connectivity index (χ2v) is 6.52. The van der Waals surface area contributed by atoms with E-state index in [0.29, 0.717) is 37.4 Å². The molecule has 1 aromatic carbocycles. The van der Waals surface area contributed by atoms with Crippen molar-refractivity contribution in [1.82, 2.24) is 10.2 Å². The molecule has 2 rings (SSSR count). The Morgan fingerprint density at radius 3 is 2.50 bits per heavy atom. The van der Waals surface area contributed by atoms with E-state index in [1.165, 1.54) is 0 Å². The van der Waals surface area contributed by atoms with Crippen molar-refractivity contribution in [1.29, 1.82) is 0 Å². The van der Waals surface area contributed by atoms with Crippen molar-refractivity contribution in [3.8, 4) is 5.75 Å². The highest BCUT2D eigenvalue weighted by molar-refractivity contribution is 5.94. The Morgan fingerprint density at radius 1 is 1.27 bits per heavy atom. The van der Waals surface area contributed by atoms with Crippen molar-refractivity contribution >= 4 is 11.8 Å². The van der Waals surface area contributed by atoms with Crippen LogP contribution in [0.15, 0.2) is 24.3 Å². The van der Waals surface area contributed by atoms with Crippen LogP contribution in [0, 0.1) is 0 Å². The van der Waals surface area contributed by atoms with E-state index in [0.717, 1.165) is 12.8 Å². The molecule has 7 nitrogen and oxygen atoms in total. The summed E-state index contributed by atoms with van der Waals surface area (Å²) >= 11 is 0. The maximum Gasteiger partial charge on any atom is 0.251 e. The summed E-state index contributed by atoms with van der Waals surface area (Å²) in [5, 5.41) is 11.9. The number of benzene rings is 1. The fraction of sp³-hybridized carbons (Fsp3) is 0.579. The fourth-order valence-corrected chi connectivity index (χ4v) is 2.79. The number of rotatable bonds is 8. The molecule has 1 aliphatic rings. The Labute approximate surface area is 154 Å². The SMILES string of the molecule is COCCC(=O)N1CCC(Oc2ccc(C(=O)NCC(C)O)cc2)CC1. The minimum absolute atomic E-state index is 0.0661. The number of methoxy groups -OCH3 is 1. The van der Waals surface area contributed by atoms with Gasteiger partial charge in [-0.2, -0.15) is 0 Å². The summed E-state index contributed by atoms with van der Waals surface area (Å²) in [5.74, 6) is 0.611. The lowest BCUT2D eigenvalue weighted by Gasteiger charge is -2.32. The third kappa shape index (κ3) is 6.31. The van der Waals surface area contributed by atoms with E-state index in [-0.39, 0.29) is 24.5 Å². The lowest BCUT2D eigenvalue weighted by molar-refractivity contribution is -0.133. The molecule has 2 amide bonds. The van der Waals surface area contributed by atoms with Gasteiger partial charge < -0.3 is 24.8 Å². The standard InChI is InChI=1S/C19H28N2O5/c1-14(22)13-20-19(24)15-3-5-16(6-4-15)26-17-7-10-21(11-8-17)18(23)9-12-25-2/h3-6,14,17,22H,7-13H2,1-2H3,(H,20,24). The highest BCUT2D eigenvalue weighted by atomic mass is 16.5. The second kappa shape index (κ2) is 10.1. The normalized spacial score (nSPS) is 16.2. The molecule has 1 atom stereocenters. The zero-order valence-electron chi connectivity index (χ0n) is 15.4. The molecule has 0 aliphatic carbocycles. The molecule has 1 aliphatic heterocycles. The van der Waals surface area contributed by atoms with Crippen molar-refractivity contribution in [3.05, 3.63) is 29.8 Å². The molecule has 0 saturated carbocycles. The molecule has 0 aromatic heterocycles. The zero-order chi connectivity index (χ0) is 18.9. The minimum atomic E-state index is -0.575. The first-order valence-electron chi connectivity index (χ1n) is 8.99. The highest BCUT2D eigenvalue weighted by Gasteiger charge is 2.23. The largest absolute Gasteiger partial charge is 0.490 e. The summed E-state index contributed by atoms with van der Waals surface area (Å²) < 4.78 is 10.9. The van der Waals surface area contributed by atoms with Crippen LogP contribution >= 0.6 is 0 Å². The number of aliphatic hydroxyl groups excluding tert-OH is 1. The lowest BCUT2D eigenvalue weighted by atomic mass is 10.1. The average molecular weight is 364 g/mol. The average Bonchev–Trinajstić information content (AvgIpc) is 2.65. The molecular weight excluding hydrogens is 336 g/mol. The van der Waals surface area contributed by atoms with Crippen LogP contribution in [-0.4, -0.2) is 67.4 Å². The molecule has 1 heterocycles. The van der Waals surface area contributed by atoms with Crippen molar-refractivity contribution in [2.24, 2.45) is 0 Å². The second-order valence-electron chi connectivity index (χ2n) is 6.52. The van der Waals surface area contributed by atoms with Gasteiger partial charge in [-0.3, -0.25) is 9.59 Å². The molecular formula is C19H28N2O5. The monoisotopic (exact) mass is 364 g/mol. The fourth-order valence-electron chi connectivity index (χ4n) is 2.79. The van der Waals surface area contributed by atoms with E-state index < -0.39 is 6.10 Å². The molecule has 0 spiro atoms. The van der Waals surface area contributed by atoms with Crippen LogP contribution in [-0.2, 0) is 9.53 Å². The number of amides is 2. The number of hydrogen-bond donors (Lipinski definition) is 2. The Morgan fingerprint density at radius 2 is 1.92 bits per heavy atom. The summed E-state index contributed by atoms with van der Waals surface area (Å²) in [4.78, 5) is 25.7. The molecule has 1 saturated heterocycles.